The van der Waals surface area contributed by atoms with E-state index in [9.17, 15) is 14.4 Å². The number of carbonyl (C=O) groups excluding carboxylic acids is 3. The largest absolute Gasteiger partial charge is 0.489 e. The van der Waals surface area contributed by atoms with Crippen LogP contribution in [-0.4, -0.2) is 23.8 Å². The Morgan fingerprint density at radius 3 is 2.06 bits per heavy atom. The predicted octanol–water partition coefficient (Wildman–Crippen LogP) is 4.65. The molecule has 6 nitrogen and oxygen atoms in total. The Morgan fingerprint density at radius 1 is 0.839 bits per heavy atom. The van der Waals surface area contributed by atoms with Gasteiger partial charge in [0.25, 0.3) is 5.91 Å². The Morgan fingerprint density at radius 2 is 1.45 bits per heavy atom. The van der Waals surface area contributed by atoms with Crippen LogP contribution in [0.3, 0.4) is 0 Å². The van der Waals surface area contributed by atoms with E-state index in [2.05, 4.69) is 5.32 Å². The van der Waals surface area contributed by atoms with Crippen molar-refractivity contribution in [3.8, 4) is 5.75 Å². The summed E-state index contributed by atoms with van der Waals surface area (Å²) in [5.74, 6) is -0.507. The molecule has 0 saturated carbocycles. The molecular weight excluding hydrogens is 394 g/mol. The Bertz CT molecular complexity index is 1040. The van der Waals surface area contributed by atoms with Crippen LogP contribution in [0.5, 0.6) is 5.75 Å². The van der Waals surface area contributed by atoms with Gasteiger partial charge >= 0.3 is 5.97 Å². The highest BCUT2D eigenvalue weighted by Crippen LogP contribution is 2.16. The number of ketones is 1. The van der Waals surface area contributed by atoms with Crippen molar-refractivity contribution in [2.75, 3.05) is 5.32 Å². The lowest BCUT2D eigenvalue weighted by Crippen LogP contribution is -2.30. The van der Waals surface area contributed by atoms with Gasteiger partial charge in [0.2, 0.25) is 0 Å². The molecule has 0 aromatic heterocycles. The maximum atomic E-state index is 12.3. The standard InChI is InChI=1S/C25H23NO5/c1-17(27)20-8-12-22(13-9-20)26-24(28)18(2)31-25(29)21-10-14-23(15-11-21)30-16-19-6-4-3-5-7-19/h3-15,18H,16H2,1-2H3,(H,26,28)/t18-/m1/s1. The first-order chi connectivity index (χ1) is 14.9. The predicted molar refractivity (Wildman–Crippen MR) is 117 cm³/mol. The Hall–Kier alpha value is -3.93. The molecule has 158 valence electrons. The molecule has 3 rings (SSSR count). The summed E-state index contributed by atoms with van der Waals surface area (Å²) in [5, 5.41) is 2.66. The molecule has 1 amide bonds. The fraction of sp³-hybridized carbons (Fsp3) is 0.160. The molecule has 3 aromatic carbocycles. The fourth-order valence-corrected chi connectivity index (χ4v) is 2.74. The Kier molecular flexibility index (Phi) is 7.17. The average molecular weight is 417 g/mol. The number of nitrogens with one attached hydrogen (secondary N) is 1. The van der Waals surface area contributed by atoms with Crippen LogP contribution in [0.2, 0.25) is 0 Å². The van der Waals surface area contributed by atoms with Crippen LogP contribution in [0.25, 0.3) is 0 Å². The summed E-state index contributed by atoms with van der Waals surface area (Å²) >= 11 is 0. The van der Waals surface area contributed by atoms with E-state index in [4.69, 9.17) is 9.47 Å². The lowest BCUT2D eigenvalue weighted by Gasteiger charge is -2.14. The highest BCUT2D eigenvalue weighted by Gasteiger charge is 2.19. The molecule has 1 atom stereocenters. The molecule has 6 heteroatoms. The zero-order chi connectivity index (χ0) is 22.2. The van der Waals surface area contributed by atoms with Crippen molar-refractivity contribution >= 4 is 23.3 Å². The Labute approximate surface area is 180 Å². The van der Waals surface area contributed by atoms with E-state index < -0.39 is 18.0 Å². The van der Waals surface area contributed by atoms with E-state index >= 15 is 0 Å². The van der Waals surface area contributed by atoms with Crippen LogP contribution in [0.4, 0.5) is 5.69 Å². The molecule has 31 heavy (non-hydrogen) atoms. The average Bonchev–Trinajstić information content (AvgIpc) is 2.79. The summed E-state index contributed by atoms with van der Waals surface area (Å²) < 4.78 is 11.0. The van der Waals surface area contributed by atoms with Gasteiger partial charge in [-0.2, -0.15) is 0 Å². The van der Waals surface area contributed by atoms with Crippen molar-refractivity contribution < 1.29 is 23.9 Å². The van der Waals surface area contributed by atoms with Crippen LogP contribution in [0, 0.1) is 0 Å². The van der Waals surface area contributed by atoms with E-state index in [0.717, 1.165) is 5.56 Å². The van der Waals surface area contributed by atoms with E-state index in [0.29, 0.717) is 29.2 Å². The molecule has 0 saturated heterocycles. The molecule has 0 aliphatic rings. The molecule has 3 aromatic rings. The topological polar surface area (TPSA) is 81.7 Å². The number of hydrogen-bond donors (Lipinski definition) is 1. The third-order valence-corrected chi connectivity index (χ3v) is 4.55. The van der Waals surface area contributed by atoms with Gasteiger partial charge in [-0.25, -0.2) is 4.79 Å². The molecule has 0 radical (unpaired) electrons. The zero-order valence-electron chi connectivity index (χ0n) is 17.3. The van der Waals surface area contributed by atoms with Crippen LogP contribution in [-0.2, 0) is 16.1 Å². The highest BCUT2D eigenvalue weighted by atomic mass is 16.5. The van der Waals surface area contributed by atoms with Crippen LogP contribution in [0.15, 0.2) is 78.9 Å². The number of benzene rings is 3. The summed E-state index contributed by atoms with van der Waals surface area (Å²) in [5.41, 5.74) is 2.42. The molecule has 0 fully saturated rings. The summed E-state index contributed by atoms with van der Waals surface area (Å²) in [6, 6.07) is 22.8. The summed E-state index contributed by atoms with van der Waals surface area (Å²) in [6.07, 6.45) is -0.992. The fourth-order valence-electron chi connectivity index (χ4n) is 2.74. The van der Waals surface area contributed by atoms with Crippen LogP contribution in [0.1, 0.15) is 40.1 Å². The van der Waals surface area contributed by atoms with Gasteiger partial charge in [0.1, 0.15) is 12.4 Å². The number of esters is 1. The van der Waals surface area contributed by atoms with Crippen molar-refractivity contribution in [3.63, 3.8) is 0 Å². The van der Waals surface area contributed by atoms with E-state index in [1.807, 2.05) is 30.3 Å². The molecule has 0 bridgehead atoms. The zero-order valence-corrected chi connectivity index (χ0v) is 17.3. The second-order valence-electron chi connectivity index (χ2n) is 6.97. The number of amides is 1. The lowest BCUT2D eigenvalue weighted by atomic mass is 10.1. The normalized spacial score (nSPS) is 11.3. The number of Topliss-reactive ketones (excluding diaryl/α,β-unsaturated/α-hetero) is 1. The quantitative estimate of drug-likeness (QED) is 0.426. The van der Waals surface area contributed by atoms with Crippen molar-refractivity contribution in [1.82, 2.24) is 0 Å². The summed E-state index contributed by atoms with van der Waals surface area (Å²) in [7, 11) is 0. The van der Waals surface area contributed by atoms with Gasteiger partial charge in [-0.3, -0.25) is 9.59 Å². The number of hydrogen-bond acceptors (Lipinski definition) is 5. The smallest absolute Gasteiger partial charge is 0.338 e. The molecule has 0 unspecified atom stereocenters. The minimum Gasteiger partial charge on any atom is -0.489 e. The molecule has 0 heterocycles. The van der Waals surface area contributed by atoms with Gasteiger partial charge in [-0.05, 0) is 67.9 Å². The van der Waals surface area contributed by atoms with Gasteiger partial charge in [-0.15, -0.1) is 0 Å². The van der Waals surface area contributed by atoms with Crippen molar-refractivity contribution in [3.05, 3.63) is 95.6 Å². The van der Waals surface area contributed by atoms with Gasteiger partial charge in [0.15, 0.2) is 11.9 Å². The van der Waals surface area contributed by atoms with E-state index in [1.54, 1.807) is 48.5 Å². The molecule has 0 aliphatic heterocycles. The number of carbonyl (C=O) groups is 3. The Balaban J connectivity index is 1.51. The first-order valence-electron chi connectivity index (χ1n) is 9.82. The van der Waals surface area contributed by atoms with Crippen molar-refractivity contribution in [2.45, 2.75) is 26.6 Å². The molecule has 1 N–H and O–H groups in total. The lowest BCUT2D eigenvalue weighted by molar-refractivity contribution is -0.123. The minimum atomic E-state index is -0.992. The van der Waals surface area contributed by atoms with E-state index in [-0.39, 0.29) is 5.78 Å². The first kappa shape index (κ1) is 21.8. The number of rotatable bonds is 8. The van der Waals surface area contributed by atoms with Gasteiger partial charge < -0.3 is 14.8 Å². The van der Waals surface area contributed by atoms with Gasteiger partial charge in [-0.1, -0.05) is 30.3 Å². The summed E-state index contributed by atoms with van der Waals surface area (Å²) in [4.78, 5) is 36.0. The second kappa shape index (κ2) is 10.2. The third kappa shape index (κ3) is 6.27. The van der Waals surface area contributed by atoms with Gasteiger partial charge in [0, 0.05) is 11.3 Å². The third-order valence-electron chi connectivity index (χ3n) is 4.55. The summed E-state index contributed by atoms with van der Waals surface area (Å²) in [6.45, 7) is 3.39. The van der Waals surface area contributed by atoms with E-state index in [1.165, 1.54) is 13.8 Å². The highest BCUT2D eigenvalue weighted by molar-refractivity contribution is 5.98. The van der Waals surface area contributed by atoms with Gasteiger partial charge in [0.05, 0.1) is 5.56 Å². The SMILES string of the molecule is CC(=O)c1ccc(NC(=O)[C@@H](C)OC(=O)c2ccc(OCc3ccccc3)cc2)cc1. The molecular formula is C25H23NO5. The number of anilines is 1. The monoisotopic (exact) mass is 417 g/mol. The van der Waals surface area contributed by atoms with Crippen molar-refractivity contribution in [2.24, 2.45) is 0 Å². The maximum Gasteiger partial charge on any atom is 0.338 e. The maximum absolute atomic E-state index is 12.3. The minimum absolute atomic E-state index is 0.0586. The second-order valence-corrected chi connectivity index (χ2v) is 6.97. The van der Waals surface area contributed by atoms with Crippen LogP contribution >= 0.6 is 0 Å². The molecule has 0 spiro atoms. The van der Waals surface area contributed by atoms with Crippen LogP contribution < -0.4 is 10.1 Å². The van der Waals surface area contributed by atoms with Crippen molar-refractivity contribution in [1.29, 1.82) is 0 Å². The number of ether oxygens (including phenoxy) is 2. The molecule has 0 aliphatic carbocycles. The first-order valence-corrected chi connectivity index (χ1v) is 9.82.